The van der Waals surface area contributed by atoms with Gasteiger partial charge in [-0.3, -0.25) is 0 Å². The normalized spacial score (nSPS) is 9.60. The summed E-state index contributed by atoms with van der Waals surface area (Å²) < 4.78 is 10.8. The summed E-state index contributed by atoms with van der Waals surface area (Å²) in [5.74, 6) is 1.65. The molecule has 2 aromatic rings. The molecular formula is C12H10O2Si. The van der Waals surface area contributed by atoms with Crippen molar-refractivity contribution < 1.29 is 8.85 Å². The summed E-state index contributed by atoms with van der Waals surface area (Å²) >= 11 is 0. The minimum absolute atomic E-state index is 0.0129. The zero-order valence-electron chi connectivity index (χ0n) is 8.09. The molecule has 0 aromatic heterocycles. The maximum absolute atomic E-state index is 5.42. The van der Waals surface area contributed by atoms with Gasteiger partial charge >= 0.3 is 10.0 Å². The van der Waals surface area contributed by atoms with E-state index in [2.05, 4.69) is 0 Å². The molecule has 0 heterocycles. The maximum Gasteiger partial charge on any atom is 0.610 e. The van der Waals surface area contributed by atoms with Crippen molar-refractivity contribution in [1.29, 1.82) is 0 Å². The Bertz CT molecular complexity index is 349. The summed E-state index contributed by atoms with van der Waals surface area (Å²) in [6, 6.07) is 19.3. The van der Waals surface area contributed by atoms with Crippen LogP contribution in [-0.2, 0) is 0 Å². The summed E-state index contributed by atoms with van der Waals surface area (Å²) in [4.78, 5) is 0. The number of benzene rings is 2. The molecule has 0 amide bonds. The van der Waals surface area contributed by atoms with Crippen molar-refractivity contribution in [1.82, 2.24) is 0 Å². The first-order chi connectivity index (χ1) is 7.45. The van der Waals surface area contributed by atoms with Crippen LogP contribution in [0.4, 0.5) is 0 Å². The minimum atomic E-state index is -0.0129. The lowest BCUT2D eigenvalue weighted by molar-refractivity contribution is 0.459. The van der Waals surface area contributed by atoms with E-state index in [1.165, 1.54) is 0 Å². The van der Waals surface area contributed by atoms with Gasteiger partial charge in [0.05, 0.1) is 0 Å². The molecule has 15 heavy (non-hydrogen) atoms. The molecule has 0 atom stereocenters. The summed E-state index contributed by atoms with van der Waals surface area (Å²) in [6.45, 7) is 0. The van der Waals surface area contributed by atoms with E-state index in [0.29, 0.717) is 0 Å². The third-order valence-electron chi connectivity index (χ3n) is 1.81. The van der Waals surface area contributed by atoms with E-state index in [9.17, 15) is 0 Å². The molecule has 0 bridgehead atoms. The first kappa shape index (κ1) is 9.80. The topological polar surface area (TPSA) is 18.5 Å². The smallest absolute Gasteiger partial charge is 0.508 e. The van der Waals surface area contributed by atoms with Crippen LogP contribution in [0.15, 0.2) is 60.7 Å². The lowest BCUT2D eigenvalue weighted by Gasteiger charge is -2.05. The van der Waals surface area contributed by atoms with Crippen LogP contribution in [0.25, 0.3) is 0 Å². The molecule has 2 rings (SSSR count). The highest BCUT2D eigenvalue weighted by molar-refractivity contribution is 6.20. The van der Waals surface area contributed by atoms with Crippen molar-refractivity contribution in [2.24, 2.45) is 0 Å². The van der Waals surface area contributed by atoms with Crippen LogP contribution in [0.2, 0.25) is 0 Å². The lowest BCUT2D eigenvalue weighted by Crippen LogP contribution is -2.10. The van der Waals surface area contributed by atoms with Gasteiger partial charge in [0, 0.05) is 0 Å². The summed E-state index contributed by atoms with van der Waals surface area (Å²) in [6.07, 6.45) is 0. The van der Waals surface area contributed by atoms with Crippen LogP contribution in [0.3, 0.4) is 0 Å². The Kier molecular flexibility index (Phi) is 3.41. The van der Waals surface area contributed by atoms with E-state index in [-0.39, 0.29) is 10.0 Å². The highest BCUT2D eigenvalue weighted by Gasteiger charge is 1.98. The van der Waals surface area contributed by atoms with Gasteiger partial charge in [-0.05, 0) is 24.3 Å². The Morgan fingerprint density at radius 2 is 1.00 bits per heavy atom. The Morgan fingerprint density at radius 3 is 1.40 bits per heavy atom. The molecule has 2 radical (unpaired) electrons. The first-order valence-electron chi connectivity index (χ1n) is 4.64. The zero-order chi connectivity index (χ0) is 10.3. The predicted octanol–water partition coefficient (Wildman–Crippen LogP) is 2.68. The summed E-state index contributed by atoms with van der Waals surface area (Å²) in [5.41, 5.74) is 0. The van der Waals surface area contributed by atoms with E-state index in [1.54, 1.807) is 0 Å². The van der Waals surface area contributed by atoms with Crippen molar-refractivity contribution in [2.45, 2.75) is 0 Å². The molecule has 3 heteroatoms. The first-order valence-corrected chi connectivity index (χ1v) is 5.45. The van der Waals surface area contributed by atoms with Crippen molar-refractivity contribution in [3.05, 3.63) is 60.7 Å². The molecule has 2 nitrogen and oxygen atoms in total. The molecule has 0 fully saturated rings. The molecule has 0 saturated heterocycles. The van der Waals surface area contributed by atoms with Gasteiger partial charge < -0.3 is 8.85 Å². The fraction of sp³-hybridized carbons (Fsp3) is 0. The second-order valence-electron chi connectivity index (χ2n) is 2.91. The Hall–Kier alpha value is -1.74. The molecule has 0 aliphatic carbocycles. The van der Waals surface area contributed by atoms with Gasteiger partial charge in [-0.2, -0.15) is 0 Å². The molecule has 0 N–H and O–H groups in total. The number of hydrogen-bond acceptors (Lipinski definition) is 2. The highest BCUT2D eigenvalue weighted by atomic mass is 28.3. The molecule has 0 unspecified atom stereocenters. The van der Waals surface area contributed by atoms with Gasteiger partial charge in [-0.15, -0.1) is 0 Å². The molecule has 0 saturated carbocycles. The minimum Gasteiger partial charge on any atom is -0.508 e. The van der Waals surface area contributed by atoms with Crippen LogP contribution in [-0.4, -0.2) is 10.0 Å². The third-order valence-corrected chi connectivity index (χ3v) is 2.44. The van der Waals surface area contributed by atoms with Crippen molar-refractivity contribution in [2.75, 3.05) is 0 Å². The maximum atomic E-state index is 5.42. The van der Waals surface area contributed by atoms with Crippen molar-refractivity contribution >= 4 is 10.0 Å². The Labute approximate surface area is 91.5 Å². The van der Waals surface area contributed by atoms with Gasteiger partial charge in [0.25, 0.3) is 0 Å². The van der Waals surface area contributed by atoms with Gasteiger partial charge in [0.2, 0.25) is 0 Å². The Morgan fingerprint density at radius 1 is 0.600 bits per heavy atom. The van der Waals surface area contributed by atoms with E-state index < -0.39 is 0 Å². The average Bonchev–Trinajstić information content (AvgIpc) is 2.32. The molecular weight excluding hydrogens is 204 g/mol. The van der Waals surface area contributed by atoms with Gasteiger partial charge in [0.1, 0.15) is 11.5 Å². The van der Waals surface area contributed by atoms with E-state index in [4.69, 9.17) is 8.85 Å². The quantitative estimate of drug-likeness (QED) is 0.728. The predicted molar refractivity (Wildman–Crippen MR) is 59.9 cm³/mol. The van der Waals surface area contributed by atoms with Crippen LogP contribution < -0.4 is 8.85 Å². The van der Waals surface area contributed by atoms with Gasteiger partial charge in [-0.1, -0.05) is 36.4 Å². The van der Waals surface area contributed by atoms with Crippen molar-refractivity contribution in [3.8, 4) is 11.5 Å². The van der Waals surface area contributed by atoms with Gasteiger partial charge in [-0.25, -0.2) is 0 Å². The summed E-state index contributed by atoms with van der Waals surface area (Å²) in [7, 11) is -0.0129. The second-order valence-corrected chi connectivity index (χ2v) is 3.49. The SMILES string of the molecule is c1ccc(O[Si]Oc2ccccc2)cc1. The molecule has 2 aromatic carbocycles. The average molecular weight is 214 g/mol. The van der Waals surface area contributed by atoms with E-state index >= 15 is 0 Å². The third kappa shape index (κ3) is 3.14. The monoisotopic (exact) mass is 214 g/mol. The van der Waals surface area contributed by atoms with E-state index in [1.807, 2.05) is 60.7 Å². The van der Waals surface area contributed by atoms with Crippen LogP contribution in [0, 0.1) is 0 Å². The van der Waals surface area contributed by atoms with E-state index in [0.717, 1.165) is 11.5 Å². The molecule has 0 spiro atoms. The number of rotatable bonds is 4. The van der Waals surface area contributed by atoms with Crippen LogP contribution in [0.1, 0.15) is 0 Å². The molecule has 74 valence electrons. The number of para-hydroxylation sites is 2. The molecule has 0 aliphatic heterocycles. The fourth-order valence-electron chi connectivity index (χ4n) is 1.09. The summed E-state index contributed by atoms with van der Waals surface area (Å²) in [5, 5.41) is 0. The zero-order valence-corrected chi connectivity index (χ0v) is 9.09. The highest BCUT2D eigenvalue weighted by Crippen LogP contribution is 2.10. The van der Waals surface area contributed by atoms with Crippen molar-refractivity contribution in [3.63, 3.8) is 0 Å². The second kappa shape index (κ2) is 5.22. The Balaban J connectivity index is 1.81. The van der Waals surface area contributed by atoms with Crippen LogP contribution >= 0.6 is 0 Å². The number of hydrogen-bond donors (Lipinski definition) is 0. The standard InChI is InChI=1S/C12H10O2Si/c1-3-7-11(8-4-1)13-15-14-12-9-5-2-6-10-12/h1-10H. The van der Waals surface area contributed by atoms with Gasteiger partial charge in [0.15, 0.2) is 0 Å². The molecule has 0 aliphatic rings. The lowest BCUT2D eigenvalue weighted by atomic mass is 10.3. The van der Waals surface area contributed by atoms with Crippen LogP contribution in [0.5, 0.6) is 11.5 Å². The fourth-order valence-corrected chi connectivity index (χ4v) is 1.60. The largest absolute Gasteiger partial charge is 0.610 e.